The van der Waals surface area contributed by atoms with E-state index in [4.69, 9.17) is 0 Å². The molecule has 2 aromatic rings. The molecule has 4 nitrogen and oxygen atoms in total. The number of aromatic nitrogens is 1. The molecule has 2 atom stereocenters. The number of hydrogen-bond donors (Lipinski definition) is 2. The van der Waals surface area contributed by atoms with Crippen molar-refractivity contribution < 1.29 is 4.79 Å². The topological polar surface area (TPSA) is 54.0 Å². The second kappa shape index (κ2) is 9.18. The number of hydrogen-bond acceptors (Lipinski definition) is 4. The molecule has 2 N–H and O–H groups in total. The van der Waals surface area contributed by atoms with Crippen LogP contribution in [-0.2, 0) is 11.2 Å². The van der Waals surface area contributed by atoms with Crippen LogP contribution in [0, 0.1) is 6.92 Å². The van der Waals surface area contributed by atoms with Gasteiger partial charge >= 0.3 is 0 Å². The van der Waals surface area contributed by atoms with Crippen LogP contribution in [-0.4, -0.2) is 29.0 Å². The Kier molecular flexibility index (Phi) is 7.47. The second-order valence-corrected chi connectivity index (χ2v) is 7.92. The molecular formula is C19H25Cl2N3OS. The highest BCUT2D eigenvalue weighted by Crippen LogP contribution is 2.27. The number of carbonyl (C=O) groups excluding carboxylic acids is 1. The monoisotopic (exact) mass is 413 g/mol. The van der Waals surface area contributed by atoms with Crippen molar-refractivity contribution in [2.75, 3.05) is 0 Å². The highest BCUT2D eigenvalue weighted by molar-refractivity contribution is 7.13. The highest BCUT2D eigenvalue weighted by atomic mass is 35.5. The Labute approximate surface area is 171 Å². The summed E-state index contributed by atoms with van der Waals surface area (Å²) in [5.74, 6) is 0.0994. The maximum absolute atomic E-state index is 12.3. The summed E-state index contributed by atoms with van der Waals surface area (Å²) in [5.41, 5.74) is 3.22. The Morgan fingerprint density at radius 1 is 1.27 bits per heavy atom. The summed E-state index contributed by atoms with van der Waals surface area (Å²) in [4.78, 5) is 17.0. The van der Waals surface area contributed by atoms with Crippen LogP contribution >= 0.6 is 36.2 Å². The molecule has 0 spiro atoms. The number of nitrogens with one attached hydrogen (secondary N) is 2. The summed E-state index contributed by atoms with van der Waals surface area (Å²) >= 11 is 1.61. The average molecular weight is 414 g/mol. The van der Waals surface area contributed by atoms with Crippen molar-refractivity contribution in [3.8, 4) is 10.6 Å². The van der Waals surface area contributed by atoms with E-state index < -0.39 is 0 Å². The van der Waals surface area contributed by atoms with Crippen LogP contribution in [0.25, 0.3) is 10.6 Å². The second-order valence-electron chi connectivity index (χ2n) is 7.06. The molecule has 26 heavy (non-hydrogen) atoms. The van der Waals surface area contributed by atoms with Gasteiger partial charge in [-0.1, -0.05) is 23.8 Å². The van der Waals surface area contributed by atoms with Crippen LogP contribution in [0.3, 0.4) is 0 Å². The zero-order chi connectivity index (χ0) is 16.5. The number of piperidine rings is 1. The van der Waals surface area contributed by atoms with E-state index in [1.54, 1.807) is 11.3 Å². The lowest BCUT2D eigenvalue weighted by Gasteiger charge is -2.29. The Morgan fingerprint density at radius 2 is 2.00 bits per heavy atom. The van der Waals surface area contributed by atoms with Crippen LogP contribution in [0.4, 0.5) is 0 Å². The van der Waals surface area contributed by atoms with E-state index in [0.717, 1.165) is 29.1 Å². The number of amides is 1. The Morgan fingerprint density at radius 3 is 2.69 bits per heavy atom. The van der Waals surface area contributed by atoms with Gasteiger partial charge < -0.3 is 10.6 Å². The first-order chi connectivity index (χ1) is 11.7. The van der Waals surface area contributed by atoms with Gasteiger partial charge in [0.25, 0.3) is 0 Å². The lowest BCUT2D eigenvalue weighted by atomic mass is 9.99. The molecule has 0 aliphatic carbocycles. The van der Waals surface area contributed by atoms with Gasteiger partial charge in [0.05, 0.1) is 12.1 Å². The quantitative estimate of drug-likeness (QED) is 0.798. The number of rotatable bonds is 4. The number of thiazole rings is 1. The fourth-order valence-electron chi connectivity index (χ4n) is 3.92. The number of nitrogens with zero attached hydrogens (tertiary/aromatic N) is 1. The molecule has 1 aromatic heterocycles. The fraction of sp³-hybridized carbons (Fsp3) is 0.474. The lowest BCUT2D eigenvalue weighted by Crippen LogP contribution is -2.48. The van der Waals surface area contributed by atoms with Gasteiger partial charge in [0.15, 0.2) is 0 Å². The van der Waals surface area contributed by atoms with E-state index in [1.165, 1.54) is 18.4 Å². The number of carbonyl (C=O) groups is 1. The van der Waals surface area contributed by atoms with Gasteiger partial charge in [0, 0.05) is 29.1 Å². The first-order valence-corrected chi connectivity index (χ1v) is 9.60. The van der Waals surface area contributed by atoms with Gasteiger partial charge in [-0.05, 0) is 38.7 Å². The van der Waals surface area contributed by atoms with Crippen molar-refractivity contribution in [3.05, 3.63) is 40.9 Å². The molecule has 1 amide bonds. The van der Waals surface area contributed by atoms with Crippen molar-refractivity contribution in [2.45, 2.75) is 57.2 Å². The smallest absolute Gasteiger partial charge is 0.226 e. The van der Waals surface area contributed by atoms with Crippen molar-refractivity contribution >= 4 is 42.1 Å². The molecule has 3 heterocycles. The first-order valence-electron chi connectivity index (χ1n) is 8.72. The molecule has 2 saturated heterocycles. The molecule has 2 bridgehead atoms. The largest absolute Gasteiger partial charge is 0.353 e. The summed E-state index contributed by atoms with van der Waals surface area (Å²) in [6.45, 7) is 2.08. The van der Waals surface area contributed by atoms with Crippen molar-refractivity contribution in [3.63, 3.8) is 0 Å². The van der Waals surface area contributed by atoms with Gasteiger partial charge in [-0.3, -0.25) is 4.79 Å². The summed E-state index contributed by atoms with van der Waals surface area (Å²) in [6.07, 6.45) is 5.01. The van der Waals surface area contributed by atoms with Crippen molar-refractivity contribution in [2.24, 2.45) is 0 Å². The standard InChI is InChI=1S/C19H23N3OS.2ClH/c1-12-3-2-4-13(7-12)19-22-17(11-24-19)10-18(23)21-16-8-14-5-6-15(9-16)20-14;;/h2-4,7,11,14-16,20H,5-6,8-10H2,1H3,(H,21,23);2*1H. The number of fused-ring (bicyclic) bond motifs is 2. The molecule has 2 aliphatic rings. The third-order valence-corrected chi connectivity index (χ3v) is 5.94. The highest BCUT2D eigenvalue weighted by Gasteiger charge is 2.33. The SMILES string of the molecule is Cc1cccc(-c2nc(CC(=O)NC3CC4CCC(C3)N4)cs2)c1.Cl.Cl. The molecule has 4 rings (SSSR count). The number of halogens is 2. The predicted molar refractivity (Wildman–Crippen MR) is 112 cm³/mol. The van der Waals surface area contributed by atoms with Crippen LogP contribution < -0.4 is 10.6 Å². The van der Waals surface area contributed by atoms with E-state index in [2.05, 4.69) is 40.7 Å². The molecule has 2 aliphatic heterocycles. The van der Waals surface area contributed by atoms with Crippen LogP contribution in [0.15, 0.2) is 29.6 Å². The Bertz CT molecular complexity index is 740. The minimum Gasteiger partial charge on any atom is -0.353 e. The van der Waals surface area contributed by atoms with Crippen LogP contribution in [0.2, 0.25) is 0 Å². The summed E-state index contributed by atoms with van der Waals surface area (Å²) in [5, 5.41) is 9.81. The summed E-state index contributed by atoms with van der Waals surface area (Å²) < 4.78 is 0. The van der Waals surface area contributed by atoms with Crippen molar-refractivity contribution in [1.29, 1.82) is 0 Å². The molecule has 1 aromatic carbocycles. The van der Waals surface area contributed by atoms with Gasteiger partial charge in [-0.2, -0.15) is 0 Å². The Balaban J connectivity index is 0.00000121. The normalized spacial score (nSPS) is 23.7. The molecular weight excluding hydrogens is 389 g/mol. The number of benzene rings is 1. The van der Waals surface area contributed by atoms with Crippen LogP contribution in [0.1, 0.15) is 36.9 Å². The lowest BCUT2D eigenvalue weighted by molar-refractivity contribution is -0.121. The third-order valence-electron chi connectivity index (χ3n) is 5.00. The maximum Gasteiger partial charge on any atom is 0.226 e. The zero-order valence-electron chi connectivity index (χ0n) is 14.7. The predicted octanol–water partition coefficient (Wildman–Crippen LogP) is 3.90. The minimum atomic E-state index is 0. The minimum absolute atomic E-state index is 0. The van der Waals surface area contributed by atoms with Gasteiger partial charge in [-0.15, -0.1) is 36.2 Å². The summed E-state index contributed by atoms with van der Waals surface area (Å²) in [7, 11) is 0. The third kappa shape index (κ3) is 4.97. The van der Waals surface area contributed by atoms with E-state index >= 15 is 0 Å². The maximum atomic E-state index is 12.3. The van der Waals surface area contributed by atoms with Crippen LogP contribution in [0.5, 0.6) is 0 Å². The molecule has 7 heteroatoms. The first kappa shape index (κ1) is 21.2. The molecule has 142 valence electrons. The molecule has 0 saturated carbocycles. The molecule has 2 fully saturated rings. The zero-order valence-corrected chi connectivity index (χ0v) is 17.2. The fourth-order valence-corrected chi connectivity index (χ4v) is 4.73. The summed E-state index contributed by atoms with van der Waals surface area (Å²) in [6, 6.07) is 9.85. The van der Waals surface area contributed by atoms with E-state index in [-0.39, 0.29) is 30.7 Å². The average Bonchev–Trinajstić information content (AvgIpc) is 3.14. The van der Waals surface area contributed by atoms with Crippen molar-refractivity contribution in [1.82, 2.24) is 15.6 Å². The van der Waals surface area contributed by atoms with E-state index in [9.17, 15) is 4.79 Å². The van der Waals surface area contributed by atoms with Gasteiger partial charge in [-0.25, -0.2) is 4.98 Å². The number of aryl methyl sites for hydroxylation is 1. The van der Waals surface area contributed by atoms with E-state index in [0.29, 0.717) is 24.5 Å². The van der Waals surface area contributed by atoms with E-state index in [1.807, 2.05) is 11.4 Å². The van der Waals surface area contributed by atoms with Gasteiger partial charge in [0.2, 0.25) is 5.91 Å². The van der Waals surface area contributed by atoms with Gasteiger partial charge in [0.1, 0.15) is 5.01 Å². The molecule has 0 radical (unpaired) electrons. The molecule has 2 unspecified atom stereocenters. The Hall–Kier alpha value is -1.14.